The van der Waals surface area contributed by atoms with E-state index in [0.29, 0.717) is 11.0 Å². The number of benzene rings is 1. The van der Waals surface area contributed by atoms with Gasteiger partial charge in [0.15, 0.2) is 0 Å². The molecule has 0 saturated heterocycles. The average Bonchev–Trinajstić information content (AvgIpc) is 2.08. The van der Waals surface area contributed by atoms with Gasteiger partial charge in [0.1, 0.15) is 5.82 Å². The lowest BCUT2D eigenvalue weighted by molar-refractivity contribution is 0.620. The largest absolute Gasteiger partial charge is 0.326 e. The van der Waals surface area contributed by atoms with Crippen molar-refractivity contribution in [1.29, 1.82) is 0 Å². The second-order valence-electron chi connectivity index (χ2n) is 2.44. The first-order valence-corrected chi connectivity index (χ1v) is 4.27. The topological polar surface area (TPSA) is 26.0 Å². The van der Waals surface area contributed by atoms with Crippen molar-refractivity contribution in [3.8, 4) is 0 Å². The summed E-state index contributed by atoms with van der Waals surface area (Å²) >= 11 is 3.06. The highest BCUT2D eigenvalue weighted by molar-refractivity contribution is 9.10. The summed E-state index contributed by atoms with van der Waals surface area (Å²) in [5.74, 6) is -0.290. The standard InChI is InChI=1S/C9H9BrFN/c1-6(5-12)7-2-3-8(10)9(11)4-7/h2-4H,1,5,12H2. The van der Waals surface area contributed by atoms with Gasteiger partial charge in [0.05, 0.1) is 4.47 Å². The van der Waals surface area contributed by atoms with Crippen LogP contribution >= 0.6 is 15.9 Å². The summed E-state index contributed by atoms with van der Waals surface area (Å²) in [5.41, 5.74) is 6.84. The van der Waals surface area contributed by atoms with Crippen molar-refractivity contribution >= 4 is 21.5 Å². The number of hydrogen-bond acceptors (Lipinski definition) is 1. The molecule has 1 rings (SSSR count). The van der Waals surface area contributed by atoms with Crippen LogP contribution in [-0.4, -0.2) is 6.54 Å². The van der Waals surface area contributed by atoms with E-state index in [1.165, 1.54) is 6.07 Å². The molecule has 0 atom stereocenters. The van der Waals surface area contributed by atoms with E-state index in [9.17, 15) is 4.39 Å². The third kappa shape index (κ3) is 1.93. The van der Waals surface area contributed by atoms with Gasteiger partial charge in [-0.1, -0.05) is 12.6 Å². The molecule has 0 unspecified atom stereocenters. The van der Waals surface area contributed by atoms with Gasteiger partial charge in [0.2, 0.25) is 0 Å². The van der Waals surface area contributed by atoms with E-state index >= 15 is 0 Å². The lowest BCUT2D eigenvalue weighted by atomic mass is 10.1. The molecule has 1 nitrogen and oxygen atoms in total. The number of halogens is 2. The van der Waals surface area contributed by atoms with Crippen LogP contribution in [0.1, 0.15) is 5.56 Å². The Kier molecular flexibility index (Phi) is 3.00. The molecule has 0 aliphatic rings. The van der Waals surface area contributed by atoms with Gasteiger partial charge in [-0.2, -0.15) is 0 Å². The van der Waals surface area contributed by atoms with Crippen molar-refractivity contribution in [2.75, 3.05) is 6.54 Å². The van der Waals surface area contributed by atoms with Crippen LogP contribution < -0.4 is 5.73 Å². The molecule has 12 heavy (non-hydrogen) atoms. The van der Waals surface area contributed by atoms with Crippen molar-refractivity contribution in [1.82, 2.24) is 0 Å². The smallest absolute Gasteiger partial charge is 0.137 e. The van der Waals surface area contributed by atoms with Crippen molar-refractivity contribution < 1.29 is 4.39 Å². The van der Waals surface area contributed by atoms with E-state index in [1.54, 1.807) is 12.1 Å². The molecule has 1 aromatic rings. The highest BCUT2D eigenvalue weighted by Crippen LogP contribution is 2.19. The zero-order valence-corrected chi connectivity index (χ0v) is 8.07. The first kappa shape index (κ1) is 9.42. The van der Waals surface area contributed by atoms with Gasteiger partial charge in [0, 0.05) is 6.54 Å². The third-order valence-electron chi connectivity index (χ3n) is 1.57. The maximum atomic E-state index is 12.9. The van der Waals surface area contributed by atoms with Crippen LogP contribution in [0.4, 0.5) is 4.39 Å². The molecule has 0 fully saturated rings. The van der Waals surface area contributed by atoms with Gasteiger partial charge in [-0.05, 0) is 39.2 Å². The Morgan fingerprint density at radius 2 is 2.25 bits per heavy atom. The first-order chi connectivity index (χ1) is 5.65. The second-order valence-corrected chi connectivity index (χ2v) is 3.29. The van der Waals surface area contributed by atoms with Crippen LogP contribution in [0.15, 0.2) is 29.3 Å². The predicted molar refractivity (Wildman–Crippen MR) is 52.2 cm³/mol. The van der Waals surface area contributed by atoms with Gasteiger partial charge < -0.3 is 5.73 Å². The summed E-state index contributed by atoms with van der Waals surface area (Å²) < 4.78 is 13.4. The molecule has 1 aromatic carbocycles. The van der Waals surface area contributed by atoms with E-state index in [1.807, 2.05) is 0 Å². The molecule has 0 aromatic heterocycles. The zero-order chi connectivity index (χ0) is 9.14. The summed E-state index contributed by atoms with van der Waals surface area (Å²) in [4.78, 5) is 0. The van der Waals surface area contributed by atoms with E-state index in [0.717, 1.165) is 11.1 Å². The lowest BCUT2D eigenvalue weighted by Crippen LogP contribution is -2.01. The van der Waals surface area contributed by atoms with Crippen molar-refractivity contribution in [3.05, 3.63) is 40.6 Å². The van der Waals surface area contributed by atoms with Crippen LogP contribution in [0.5, 0.6) is 0 Å². The Balaban J connectivity index is 3.05. The number of rotatable bonds is 2. The van der Waals surface area contributed by atoms with E-state index in [2.05, 4.69) is 22.5 Å². The molecule has 0 spiro atoms. The molecule has 0 amide bonds. The summed E-state index contributed by atoms with van der Waals surface area (Å²) in [6.07, 6.45) is 0. The third-order valence-corrected chi connectivity index (χ3v) is 2.22. The van der Waals surface area contributed by atoms with Crippen LogP contribution in [0.3, 0.4) is 0 Å². The lowest BCUT2D eigenvalue weighted by Gasteiger charge is -2.02. The first-order valence-electron chi connectivity index (χ1n) is 3.48. The maximum Gasteiger partial charge on any atom is 0.137 e. The fourth-order valence-electron chi connectivity index (χ4n) is 0.834. The minimum atomic E-state index is -0.290. The molecule has 2 N–H and O–H groups in total. The Morgan fingerprint density at radius 1 is 1.58 bits per heavy atom. The quantitative estimate of drug-likeness (QED) is 0.830. The molecule has 0 bridgehead atoms. The predicted octanol–water partition coefficient (Wildman–Crippen LogP) is 2.56. The Labute approximate surface area is 79.2 Å². The zero-order valence-electron chi connectivity index (χ0n) is 6.48. The molecule has 0 aliphatic heterocycles. The number of nitrogens with two attached hydrogens (primary N) is 1. The summed E-state index contributed by atoms with van der Waals surface area (Å²) in [7, 11) is 0. The van der Waals surface area contributed by atoms with Crippen LogP contribution in [0.25, 0.3) is 5.57 Å². The number of hydrogen-bond donors (Lipinski definition) is 1. The van der Waals surface area contributed by atoms with Gasteiger partial charge in [-0.25, -0.2) is 4.39 Å². The summed E-state index contributed by atoms with van der Waals surface area (Å²) in [5, 5.41) is 0. The van der Waals surface area contributed by atoms with Crippen molar-refractivity contribution in [3.63, 3.8) is 0 Å². The van der Waals surface area contributed by atoms with E-state index < -0.39 is 0 Å². The maximum absolute atomic E-state index is 12.9. The summed E-state index contributed by atoms with van der Waals surface area (Å²) in [6.45, 7) is 4.06. The minimum Gasteiger partial charge on any atom is -0.326 e. The Morgan fingerprint density at radius 3 is 2.75 bits per heavy atom. The average molecular weight is 230 g/mol. The van der Waals surface area contributed by atoms with Gasteiger partial charge in [0.25, 0.3) is 0 Å². The monoisotopic (exact) mass is 229 g/mol. The fraction of sp³-hybridized carbons (Fsp3) is 0.111. The van der Waals surface area contributed by atoms with Gasteiger partial charge in [-0.3, -0.25) is 0 Å². The Bertz CT molecular complexity index is 309. The normalized spacial score (nSPS) is 9.92. The molecule has 0 radical (unpaired) electrons. The second kappa shape index (κ2) is 3.83. The van der Waals surface area contributed by atoms with Gasteiger partial charge in [-0.15, -0.1) is 0 Å². The van der Waals surface area contributed by atoms with Crippen LogP contribution in [-0.2, 0) is 0 Å². The molecular weight excluding hydrogens is 221 g/mol. The molecule has 0 heterocycles. The Hall–Kier alpha value is -0.670. The SMILES string of the molecule is C=C(CN)c1ccc(Br)c(F)c1. The molecule has 0 saturated carbocycles. The molecule has 64 valence electrons. The minimum absolute atomic E-state index is 0.290. The molecule has 3 heteroatoms. The molecule has 0 aliphatic carbocycles. The van der Waals surface area contributed by atoms with Crippen molar-refractivity contribution in [2.45, 2.75) is 0 Å². The fourth-order valence-corrected chi connectivity index (χ4v) is 1.08. The van der Waals surface area contributed by atoms with E-state index in [4.69, 9.17) is 5.73 Å². The molecular formula is C9H9BrFN. The van der Waals surface area contributed by atoms with E-state index in [-0.39, 0.29) is 5.82 Å². The highest BCUT2D eigenvalue weighted by Gasteiger charge is 2.01. The summed E-state index contributed by atoms with van der Waals surface area (Å²) in [6, 6.07) is 4.84. The van der Waals surface area contributed by atoms with Crippen LogP contribution in [0, 0.1) is 5.82 Å². The highest BCUT2D eigenvalue weighted by atomic mass is 79.9. The van der Waals surface area contributed by atoms with Crippen molar-refractivity contribution in [2.24, 2.45) is 5.73 Å². The van der Waals surface area contributed by atoms with Gasteiger partial charge >= 0.3 is 0 Å². The van der Waals surface area contributed by atoms with Crippen LogP contribution in [0.2, 0.25) is 0 Å².